The lowest BCUT2D eigenvalue weighted by atomic mass is 9.91. The molecule has 0 saturated heterocycles. The summed E-state index contributed by atoms with van der Waals surface area (Å²) in [5, 5.41) is 13.0. The van der Waals surface area contributed by atoms with Gasteiger partial charge in [0.05, 0.1) is 0 Å². The van der Waals surface area contributed by atoms with Crippen molar-refractivity contribution in [1.82, 2.24) is 4.90 Å². The first-order valence-electron chi connectivity index (χ1n) is 7.96. The zero-order valence-corrected chi connectivity index (χ0v) is 15.4. The first-order chi connectivity index (χ1) is 10.5. The van der Waals surface area contributed by atoms with Gasteiger partial charge in [-0.3, -0.25) is 0 Å². The van der Waals surface area contributed by atoms with E-state index in [-0.39, 0.29) is 0 Å². The van der Waals surface area contributed by atoms with Crippen LogP contribution >= 0.6 is 23.4 Å². The number of alkyl halides is 1. The molecule has 1 N–H and O–H groups in total. The molecule has 1 aliphatic rings. The third kappa shape index (κ3) is 3.75. The molecular weight excluding hydrogens is 314 g/mol. The average Bonchev–Trinajstić information content (AvgIpc) is 2.93. The molecule has 0 radical (unpaired) electrons. The van der Waals surface area contributed by atoms with Gasteiger partial charge in [0.1, 0.15) is 11.1 Å². The predicted octanol–water partition coefficient (Wildman–Crippen LogP) is 5.79. The summed E-state index contributed by atoms with van der Waals surface area (Å²) in [5.41, 5.74) is 3.37. The van der Waals surface area contributed by atoms with Gasteiger partial charge in [0.25, 0.3) is 0 Å². The summed E-state index contributed by atoms with van der Waals surface area (Å²) in [4.78, 5) is 2.34. The Hall–Kier alpha value is -0.800. The van der Waals surface area contributed by atoms with E-state index in [1.807, 2.05) is 11.8 Å². The van der Waals surface area contributed by atoms with Gasteiger partial charge in [0.15, 0.2) is 0 Å². The van der Waals surface area contributed by atoms with Crippen LogP contribution in [0.2, 0.25) is 0 Å². The van der Waals surface area contributed by atoms with Crippen molar-refractivity contribution < 1.29 is 5.11 Å². The minimum atomic E-state index is 0.291. The molecule has 0 saturated carbocycles. The Morgan fingerprint density at radius 1 is 1.18 bits per heavy atom. The smallest absolute Gasteiger partial charge is 0.122 e. The van der Waals surface area contributed by atoms with Crippen LogP contribution < -0.4 is 0 Å². The lowest BCUT2D eigenvalue weighted by molar-refractivity contribution is 0.367. The van der Waals surface area contributed by atoms with Gasteiger partial charge in [-0.05, 0) is 52.5 Å². The van der Waals surface area contributed by atoms with E-state index in [0.717, 1.165) is 24.1 Å². The van der Waals surface area contributed by atoms with Crippen molar-refractivity contribution in [3.63, 3.8) is 0 Å². The highest BCUT2D eigenvalue weighted by Gasteiger charge is 2.25. The summed E-state index contributed by atoms with van der Waals surface area (Å²) < 4.78 is 0. The normalized spacial score (nSPS) is 18.0. The van der Waals surface area contributed by atoms with E-state index in [2.05, 4.69) is 56.3 Å². The van der Waals surface area contributed by atoms with E-state index in [9.17, 15) is 5.11 Å². The van der Waals surface area contributed by atoms with Crippen molar-refractivity contribution in [2.45, 2.75) is 51.3 Å². The summed E-state index contributed by atoms with van der Waals surface area (Å²) in [6, 6.07) is 4.34. The SMILES string of the molecule is CC(C)c1cc(C2SC=CN2CCCCl)cc(C(C)C)c1O. The summed E-state index contributed by atoms with van der Waals surface area (Å²) in [7, 11) is 0. The number of hydrogen-bond donors (Lipinski definition) is 1. The molecule has 0 bridgehead atoms. The number of rotatable bonds is 6. The molecule has 0 aromatic heterocycles. The van der Waals surface area contributed by atoms with Gasteiger partial charge in [0.2, 0.25) is 0 Å². The fraction of sp³-hybridized carbons (Fsp3) is 0.556. The van der Waals surface area contributed by atoms with Crippen LogP contribution in [0.25, 0.3) is 0 Å². The van der Waals surface area contributed by atoms with Crippen molar-refractivity contribution >= 4 is 23.4 Å². The summed E-state index contributed by atoms with van der Waals surface area (Å²) in [6.45, 7) is 9.50. The first-order valence-corrected chi connectivity index (χ1v) is 9.44. The molecule has 0 spiro atoms. The molecule has 22 heavy (non-hydrogen) atoms. The van der Waals surface area contributed by atoms with Crippen LogP contribution in [-0.4, -0.2) is 22.4 Å². The van der Waals surface area contributed by atoms with E-state index in [1.54, 1.807) is 0 Å². The monoisotopic (exact) mass is 339 g/mol. The van der Waals surface area contributed by atoms with E-state index >= 15 is 0 Å². The van der Waals surface area contributed by atoms with Crippen LogP contribution in [0, 0.1) is 0 Å². The van der Waals surface area contributed by atoms with Crippen LogP contribution in [0.5, 0.6) is 5.75 Å². The standard InChI is InChI=1S/C18H26ClNOS/c1-12(2)15-10-14(11-16(13(3)4)17(15)21)18-20(7-5-6-19)8-9-22-18/h8-13,18,21H,5-7H2,1-4H3. The third-order valence-electron chi connectivity index (χ3n) is 4.03. The van der Waals surface area contributed by atoms with E-state index in [0.29, 0.717) is 28.8 Å². The maximum Gasteiger partial charge on any atom is 0.122 e. The quantitative estimate of drug-likeness (QED) is 0.664. The fourth-order valence-electron chi connectivity index (χ4n) is 2.78. The topological polar surface area (TPSA) is 23.5 Å². The fourth-order valence-corrected chi connectivity index (χ4v) is 3.90. The number of nitrogens with zero attached hydrogens (tertiary/aromatic N) is 1. The molecule has 0 amide bonds. The van der Waals surface area contributed by atoms with Crippen molar-refractivity contribution in [3.05, 3.63) is 40.4 Å². The van der Waals surface area contributed by atoms with Crippen molar-refractivity contribution in [3.8, 4) is 5.75 Å². The molecule has 1 heterocycles. The number of thioether (sulfide) groups is 1. The molecule has 2 nitrogen and oxygen atoms in total. The highest BCUT2D eigenvalue weighted by molar-refractivity contribution is 8.02. The van der Waals surface area contributed by atoms with Gasteiger partial charge in [-0.2, -0.15) is 0 Å². The van der Waals surface area contributed by atoms with Gasteiger partial charge >= 0.3 is 0 Å². The van der Waals surface area contributed by atoms with E-state index in [1.165, 1.54) is 5.56 Å². The molecule has 1 aromatic rings. The third-order valence-corrected chi connectivity index (χ3v) is 5.38. The van der Waals surface area contributed by atoms with Crippen molar-refractivity contribution in [2.24, 2.45) is 0 Å². The van der Waals surface area contributed by atoms with Gasteiger partial charge in [0, 0.05) is 18.6 Å². The first kappa shape index (κ1) is 17.6. The Morgan fingerprint density at radius 3 is 2.27 bits per heavy atom. The summed E-state index contributed by atoms with van der Waals surface area (Å²) in [5.74, 6) is 1.78. The molecule has 1 aliphatic heterocycles. The molecule has 1 aromatic carbocycles. The van der Waals surface area contributed by atoms with Crippen LogP contribution in [0.3, 0.4) is 0 Å². The van der Waals surface area contributed by atoms with Crippen LogP contribution in [0.1, 0.15) is 68.0 Å². The van der Waals surface area contributed by atoms with E-state index < -0.39 is 0 Å². The minimum Gasteiger partial charge on any atom is -0.507 e. The van der Waals surface area contributed by atoms with E-state index in [4.69, 9.17) is 11.6 Å². The molecule has 4 heteroatoms. The van der Waals surface area contributed by atoms with Crippen molar-refractivity contribution in [1.29, 1.82) is 0 Å². The van der Waals surface area contributed by atoms with Gasteiger partial charge in [-0.25, -0.2) is 0 Å². The minimum absolute atomic E-state index is 0.291. The summed E-state index contributed by atoms with van der Waals surface area (Å²) >= 11 is 7.66. The lowest BCUT2D eigenvalue weighted by Crippen LogP contribution is -2.20. The average molecular weight is 340 g/mol. The molecule has 0 fully saturated rings. The Morgan fingerprint density at radius 2 is 1.77 bits per heavy atom. The Balaban J connectivity index is 2.38. The number of phenolic OH excluding ortho intramolecular Hbond substituents is 1. The number of phenols is 1. The zero-order chi connectivity index (χ0) is 16.3. The number of hydrogen-bond acceptors (Lipinski definition) is 3. The second kappa shape index (κ2) is 7.65. The second-order valence-electron chi connectivity index (χ2n) is 6.41. The molecule has 122 valence electrons. The number of aromatic hydroxyl groups is 1. The number of halogens is 1. The van der Waals surface area contributed by atoms with Gasteiger partial charge in [-0.15, -0.1) is 23.4 Å². The highest BCUT2D eigenvalue weighted by atomic mass is 35.5. The van der Waals surface area contributed by atoms with Gasteiger partial charge in [-0.1, -0.05) is 27.7 Å². The molecule has 2 rings (SSSR count). The van der Waals surface area contributed by atoms with Crippen LogP contribution in [0.4, 0.5) is 0 Å². The Bertz CT molecular complexity index is 513. The predicted molar refractivity (Wildman–Crippen MR) is 97.8 cm³/mol. The van der Waals surface area contributed by atoms with Gasteiger partial charge < -0.3 is 10.0 Å². The molecule has 1 unspecified atom stereocenters. The largest absolute Gasteiger partial charge is 0.507 e. The summed E-state index contributed by atoms with van der Waals surface area (Å²) in [6.07, 6.45) is 3.13. The molecule has 1 atom stereocenters. The Kier molecular flexibility index (Phi) is 6.10. The maximum atomic E-state index is 10.6. The Labute approximate surface area is 143 Å². The number of benzene rings is 1. The maximum absolute atomic E-state index is 10.6. The second-order valence-corrected chi connectivity index (χ2v) is 7.78. The van der Waals surface area contributed by atoms with Crippen molar-refractivity contribution in [2.75, 3.05) is 12.4 Å². The van der Waals surface area contributed by atoms with Crippen LogP contribution in [0.15, 0.2) is 23.7 Å². The zero-order valence-electron chi connectivity index (χ0n) is 13.8. The highest BCUT2D eigenvalue weighted by Crippen LogP contribution is 2.43. The molecule has 0 aliphatic carbocycles. The molecular formula is C18H26ClNOS. The van der Waals surface area contributed by atoms with Crippen LogP contribution in [-0.2, 0) is 0 Å². The lowest BCUT2D eigenvalue weighted by Gasteiger charge is -2.27.